The molecule has 0 fully saturated rings. The number of benzene rings is 2. The monoisotopic (exact) mass is 377 g/mol. The molecule has 0 spiro atoms. The van der Waals surface area contributed by atoms with Crippen LogP contribution >= 0.6 is 11.6 Å². The first kappa shape index (κ1) is 19.2. The van der Waals surface area contributed by atoms with Crippen molar-refractivity contribution in [1.29, 1.82) is 0 Å². The van der Waals surface area contributed by atoms with Crippen molar-refractivity contribution in [3.8, 4) is 5.75 Å². The third-order valence-electron chi connectivity index (χ3n) is 3.37. The maximum Gasteiger partial charge on any atom is 0.325 e. The Bertz CT molecular complexity index is 869. The van der Waals surface area contributed by atoms with Gasteiger partial charge in [-0.05, 0) is 31.5 Å². The third kappa shape index (κ3) is 5.18. The van der Waals surface area contributed by atoms with Crippen LogP contribution in [0.25, 0.3) is 0 Å². The summed E-state index contributed by atoms with van der Waals surface area (Å²) in [7, 11) is 0. The minimum absolute atomic E-state index is 0.00766. The Morgan fingerprint density at radius 1 is 1.19 bits per heavy atom. The lowest BCUT2D eigenvalue weighted by atomic mass is 10.1. The lowest BCUT2D eigenvalue weighted by molar-refractivity contribution is -0.384. The zero-order valence-electron chi connectivity index (χ0n) is 14.0. The Kier molecular flexibility index (Phi) is 6.13. The highest BCUT2D eigenvalue weighted by Gasteiger charge is 2.13. The summed E-state index contributed by atoms with van der Waals surface area (Å²) in [6, 6.07) is 8.38. The Morgan fingerprint density at radius 3 is 2.54 bits per heavy atom. The van der Waals surface area contributed by atoms with Gasteiger partial charge >= 0.3 is 6.03 Å². The molecule has 2 aromatic rings. The number of carbonyl (C=O) groups excluding carboxylic acids is 2. The molecule has 0 saturated carbocycles. The number of urea groups is 1. The van der Waals surface area contributed by atoms with Gasteiger partial charge in [0.25, 0.3) is 11.6 Å². The molecular weight excluding hydrogens is 362 g/mol. The van der Waals surface area contributed by atoms with Crippen LogP contribution in [0.15, 0.2) is 36.4 Å². The van der Waals surface area contributed by atoms with E-state index in [-0.39, 0.29) is 16.5 Å². The van der Waals surface area contributed by atoms with Crippen LogP contribution in [0.4, 0.5) is 16.2 Å². The molecule has 2 rings (SSSR count). The molecule has 0 aromatic heterocycles. The number of hydrogen-bond donors (Lipinski definition) is 2. The van der Waals surface area contributed by atoms with Gasteiger partial charge in [0.15, 0.2) is 6.61 Å². The van der Waals surface area contributed by atoms with Crippen LogP contribution in [0, 0.1) is 24.0 Å². The number of non-ortho nitro benzene ring substituents is 1. The smallest absolute Gasteiger partial charge is 0.325 e. The molecule has 3 amide bonds. The first-order valence-electron chi connectivity index (χ1n) is 7.51. The Balaban J connectivity index is 1.88. The quantitative estimate of drug-likeness (QED) is 0.611. The van der Waals surface area contributed by atoms with Gasteiger partial charge in [-0.1, -0.05) is 29.3 Å². The minimum Gasteiger partial charge on any atom is -0.482 e. The van der Waals surface area contributed by atoms with Crippen LogP contribution in [0.2, 0.25) is 5.02 Å². The van der Waals surface area contributed by atoms with Gasteiger partial charge in [0, 0.05) is 17.8 Å². The SMILES string of the molecule is Cc1ccc(NC(=O)NC(=O)COc2ccc([N+](=O)[O-])cc2Cl)c(C)c1. The second-order valence-corrected chi connectivity index (χ2v) is 5.89. The van der Waals surface area contributed by atoms with Gasteiger partial charge in [-0.15, -0.1) is 0 Å². The molecule has 2 N–H and O–H groups in total. The van der Waals surface area contributed by atoms with Crippen LogP contribution in [0.5, 0.6) is 5.75 Å². The zero-order chi connectivity index (χ0) is 19.3. The van der Waals surface area contributed by atoms with E-state index in [4.69, 9.17) is 16.3 Å². The van der Waals surface area contributed by atoms with E-state index in [1.165, 1.54) is 12.1 Å². The van der Waals surface area contributed by atoms with Crippen molar-refractivity contribution in [3.05, 3.63) is 62.7 Å². The van der Waals surface area contributed by atoms with E-state index in [9.17, 15) is 19.7 Å². The number of nitrogens with zero attached hydrogens (tertiary/aromatic N) is 1. The lowest BCUT2D eigenvalue weighted by Gasteiger charge is -2.11. The number of nitro benzene ring substituents is 1. The number of ether oxygens (including phenoxy) is 1. The van der Waals surface area contributed by atoms with E-state index in [0.29, 0.717) is 5.69 Å². The van der Waals surface area contributed by atoms with Crippen LogP contribution < -0.4 is 15.4 Å². The predicted molar refractivity (Wildman–Crippen MR) is 96.7 cm³/mol. The van der Waals surface area contributed by atoms with Gasteiger partial charge in [-0.25, -0.2) is 4.79 Å². The highest BCUT2D eigenvalue weighted by molar-refractivity contribution is 6.32. The summed E-state index contributed by atoms with van der Waals surface area (Å²) in [4.78, 5) is 33.7. The number of carbonyl (C=O) groups is 2. The Labute approximate surface area is 154 Å². The third-order valence-corrected chi connectivity index (χ3v) is 3.66. The molecule has 0 atom stereocenters. The number of rotatable bonds is 5. The first-order chi connectivity index (χ1) is 12.3. The van der Waals surface area contributed by atoms with Crippen molar-refractivity contribution < 1.29 is 19.2 Å². The molecule has 0 radical (unpaired) electrons. The number of aryl methyl sites for hydroxylation is 2. The molecule has 0 unspecified atom stereocenters. The van der Waals surface area contributed by atoms with Crippen LogP contribution in [0.3, 0.4) is 0 Å². The number of hydrogen-bond acceptors (Lipinski definition) is 5. The van der Waals surface area contributed by atoms with E-state index >= 15 is 0 Å². The van der Waals surface area contributed by atoms with E-state index in [0.717, 1.165) is 17.2 Å². The summed E-state index contributed by atoms with van der Waals surface area (Å²) in [5.41, 5.74) is 2.30. The van der Waals surface area contributed by atoms with Crippen molar-refractivity contribution in [2.24, 2.45) is 0 Å². The van der Waals surface area contributed by atoms with Crippen molar-refractivity contribution >= 4 is 34.9 Å². The summed E-state index contributed by atoms with van der Waals surface area (Å²) in [6.07, 6.45) is 0. The number of halogens is 1. The first-order valence-corrected chi connectivity index (χ1v) is 7.89. The van der Waals surface area contributed by atoms with Gasteiger partial charge in [-0.2, -0.15) is 0 Å². The highest BCUT2D eigenvalue weighted by atomic mass is 35.5. The van der Waals surface area contributed by atoms with Crippen LogP contribution in [0.1, 0.15) is 11.1 Å². The van der Waals surface area contributed by atoms with Crippen molar-refractivity contribution in [1.82, 2.24) is 5.32 Å². The van der Waals surface area contributed by atoms with Crippen molar-refractivity contribution in [3.63, 3.8) is 0 Å². The topological polar surface area (TPSA) is 111 Å². The maximum atomic E-state index is 11.9. The van der Waals surface area contributed by atoms with Crippen LogP contribution in [-0.4, -0.2) is 23.5 Å². The van der Waals surface area contributed by atoms with E-state index in [2.05, 4.69) is 10.6 Å². The molecular formula is C17H16ClN3O5. The fraction of sp³-hybridized carbons (Fsp3) is 0.176. The van der Waals surface area contributed by atoms with Crippen molar-refractivity contribution in [2.45, 2.75) is 13.8 Å². The van der Waals surface area contributed by atoms with E-state index < -0.39 is 23.5 Å². The maximum absolute atomic E-state index is 11.9. The molecule has 9 heteroatoms. The van der Waals surface area contributed by atoms with Gasteiger partial charge < -0.3 is 10.1 Å². The summed E-state index contributed by atoms with van der Waals surface area (Å²) < 4.78 is 5.18. The number of nitrogens with one attached hydrogen (secondary N) is 2. The fourth-order valence-corrected chi connectivity index (χ4v) is 2.36. The molecule has 0 heterocycles. The highest BCUT2D eigenvalue weighted by Crippen LogP contribution is 2.28. The molecule has 2 aromatic carbocycles. The average molecular weight is 378 g/mol. The summed E-state index contributed by atoms with van der Waals surface area (Å²) in [5, 5.41) is 15.3. The normalized spacial score (nSPS) is 10.1. The number of amides is 3. The van der Waals surface area contributed by atoms with Gasteiger partial charge in [-0.3, -0.25) is 20.2 Å². The standard InChI is InChI=1S/C17H16ClN3O5/c1-10-3-5-14(11(2)7-10)19-17(23)20-16(22)9-26-15-6-4-12(21(24)25)8-13(15)18/h3-8H,9H2,1-2H3,(H2,19,20,22,23). The Hall–Kier alpha value is -3.13. The number of imide groups is 1. The van der Waals surface area contributed by atoms with Gasteiger partial charge in [0.05, 0.1) is 9.95 Å². The molecule has 26 heavy (non-hydrogen) atoms. The van der Waals surface area contributed by atoms with Crippen molar-refractivity contribution in [2.75, 3.05) is 11.9 Å². The second-order valence-electron chi connectivity index (χ2n) is 5.48. The largest absolute Gasteiger partial charge is 0.482 e. The summed E-state index contributed by atoms with van der Waals surface area (Å²) in [5.74, 6) is -0.594. The van der Waals surface area contributed by atoms with Gasteiger partial charge in [0.2, 0.25) is 0 Å². The summed E-state index contributed by atoms with van der Waals surface area (Å²) in [6.45, 7) is 3.29. The molecule has 0 aliphatic rings. The average Bonchev–Trinajstić information content (AvgIpc) is 2.56. The fourth-order valence-electron chi connectivity index (χ4n) is 2.13. The second kappa shape index (κ2) is 8.30. The molecule has 0 aliphatic carbocycles. The number of nitro groups is 1. The molecule has 136 valence electrons. The molecule has 0 bridgehead atoms. The lowest BCUT2D eigenvalue weighted by Crippen LogP contribution is -2.37. The zero-order valence-corrected chi connectivity index (χ0v) is 14.8. The van der Waals surface area contributed by atoms with Gasteiger partial charge in [0.1, 0.15) is 5.75 Å². The molecule has 8 nitrogen and oxygen atoms in total. The van der Waals surface area contributed by atoms with E-state index in [1.54, 1.807) is 6.07 Å². The molecule has 0 saturated heterocycles. The summed E-state index contributed by atoms with van der Waals surface area (Å²) >= 11 is 5.86. The van der Waals surface area contributed by atoms with Crippen LogP contribution in [-0.2, 0) is 4.79 Å². The predicted octanol–water partition coefficient (Wildman–Crippen LogP) is 3.59. The Morgan fingerprint density at radius 2 is 1.92 bits per heavy atom. The molecule has 0 aliphatic heterocycles. The number of anilines is 1. The minimum atomic E-state index is -0.694. The van der Waals surface area contributed by atoms with E-state index in [1.807, 2.05) is 26.0 Å².